The fourth-order valence-electron chi connectivity index (χ4n) is 2.15. The second kappa shape index (κ2) is 6.38. The van der Waals surface area contributed by atoms with Crippen LogP contribution >= 0.6 is 23.2 Å². The van der Waals surface area contributed by atoms with Gasteiger partial charge in [0.2, 0.25) is 0 Å². The Bertz CT molecular complexity index is 781. The zero-order chi connectivity index (χ0) is 15.5. The van der Waals surface area contributed by atoms with Crippen LogP contribution in [-0.2, 0) is 6.54 Å². The van der Waals surface area contributed by atoms with Gasteiger partial charge in [0.25, 0.3) is 0 Å². The van der Waals surface area contributed by atoms with Crippen LogP contribution in [0.2, 0.25) is 10.0 Å². The Balaban J connectivity index is 1.87. The van der Waals surface area contributed by atoms with Gasteiger partial charge in [-0.25, -0.2) is 9.97 Å². The van der Waals surface area contributed by atoms with Gasteiger partial charge in [-0.15, -0.1) is 0 Å². The van der Waals surface area contributed by atoms with Crippen LogP contribution < -0.4 is 5.32 Å². The van der Waals surface area contributed by atoms with Crippen LogP contribution in [0.4, 0.5) is 11.5 Å². The smallest absolute Gasteiger partial charge is 0.149 e. The number of rotatable bonds is 4. The predicted molar refractivity (Wildman–Crippen MR) is 90.9 cm³/mol. The molecule has 0 atom stereocenters. The van der Waals surface area contributed by atoms with Gasteiger partial charge in [-0.1, -0.05) is 23.2 Å². The number of imidazole rings is 1. The first-order chi connectivity index (χ1) is 10.7. The molecule has 0 spiro atoms. The van der Waals surface area contributed by atoms with Gasteiger partial charge in [0.1, 0.15) is 11.6 Å². The lowest BCUT2D eigenvalue weighted by Gasteiger charge is -2.10. The molecule has 112 valence electrons. The Morgan fingerprint density at radius 1 is 1.14 bits per heavy atom. The summed E-state index contributed by atoms with van der Waals surface area (Å²) in [4.78, 5) is 8.75. The predicted octanol–water partition coefficient (Wildman–Crippen LogP) is 5.02. The Labute approximate surface area is 138 Å². The Morgan fingerprint density at radius 3 is 2.59 bits per heavy atom. The Morgan fingerprint density at radius 2 is 1.91 bits per heavy atom. The second-order valence-corrected chi connectivity index (χ2v) is 5.57. The first kappa shape index (κ1) is 14.9. The van der Waals surface area contributed by atoms with Crippen LogP contribution in [-0.4, -0.2) is 14.5 Å². The van der Waals surface area contributed by atoms with Gasteiger partial charge in [-0.05, 0) is 37.3 Å². The van der Waals surface area contributed by atoms with E-state index in [1.807, 2.05) is 41.1 Å². The maximum atomic E-state index is 6.33. The molecule has 3 rings (SSSR count). The summed E-state index contributed by atoms with van der Waals surface area (Å²) < 4.78 is 2.04. The van der Waals surface area contributed by atoms with E-state index in [0.29, 0.717) is 15.9 Å². The molecule has 22 heavy (non-hydrogen) atoms. The molecule has 2 aromatic heterocycles. The summed E-state index contributed by atoms with van der Waals surface area (Å²) >= 11 is 12.2. The fraction of sp³-hybridized carbons (Fsp3) is 0.125. The highest BCUT2D eigenvalue weighted by atomic mass is 35.5. The van der Waals surface area contributed by atoms with Gasteiger partial charge >= 0.3 is 0 Å². The molecule has 3 aromatic rings. The van der Waals surface area contributed by atoms with E-state index in [9.17, 15) is 0 Å². The third-order valence-corrected chi connectivity index (χ3v) is 3.80. The summed E-state index contributed by atoms with van der Waals surface area (Å²) in [5.41, 5.74) is 1.76. The first-order valence-corrected chi connectivity index (χ1v) is 7.62. The van der Waals surface area contributed by atoms with Crippen LogP contribution in [0.15, 0.2) is 48.9 Å². The van der Waals surface area contributed by atoms with Crippen molar-refractivity contribution in [2.24, 2.45) is 0 Å². The molecule has 0 aliphatic heterocycles. The van der Waals surface area contributed by atoms with E-state index >= 15 is 0 Å². The molecule has 0 saturated heterocycles. The van der Waals surface area contributed by atoms with Crippen LogP contribution in [0.3, 0.4) is 0 Å². The molecular weight excluding hydrogens is 319 g/mol. The summed E-state index contributed by atoms with van der Waals surface area (Å²) in [6.07, 6.45) is 5.47. The zero-order valence-corrected chi connectivity index (χ0v) is 13.4. The topological polar surface area (TPSA) is 42.7 Å². The van der Waals surface area contributed by atoms with Crippen LogP contribution in [0.1, 0.15) is 6.92 Å². The average molecular weight is 333 g/mol. The average Bonchev–Trinajstić information content (AvgIpc) is 3.00. The quantitative estimate of drug-likeness (QED) is 0.729. The number of nitrogens with zero attached hydrogens (tertiary/aromatic N) is 3. The van der Waals surface area contributed by atoms with E-state index in [1.165, 1.54) is 0 Å². The summed E-state index contributed by atoms with van der Waals surface area (Å²) in [5, 5.41) is 4.40. The van der Waals surface area contributed by atoms with Gasteiger partial charge in [0, 0.05) is 41.4 Å². The van der Waals surface area contributed by atoms with E-state index in [2.05, 4.69) is 22.2 Å². The third-order valence-electron chi connectivity index (χ3n) is 3.26. The maximum Gasteiger partial charge on any atom is 0.149 e. The standard InChI is InChI=1S/C16H14Cl2N4/c1-2-22-8-7-19-16(22)11-9-14(18)15(20-10-11)21-13-5-3-12(17)4-6-13/h3-10H,2H2,1H3,(H,20,21). The highest BCUT2D eigenvalue weighted by Gasteiger charge is 2.09. The normalized spacial score (nSPS) is 10.7. The summed E-state index contributed by atoms with van der Waals surface area (Å²) in [6, 6.07) is 9.23. The molecular formula is C16H14Cl2N4. The molecule has 0 aliphatic carbocycles. The van der Waals surface area contributed by atoms with E-state index < -0.39 is 0 Å². The van der Waals surface area contributed by atoms with Gasteiger partial charge in [0.05, 0.1) is 5.02 Å². The van der Waals surface area contributed by atoms with Gasteiger partial charge in [0.15, 0.2) is 0 Å². The molecule has 0 radical (unpaired) electrons. The van der Waals surface area contributed by atoms with E-state index in [0.717, 1.165) is 23.6 Å². The number of nitrogens with one attached hydrogen (secondary N) is 1. The summed E-state index contributed by atoms with van der Waals surface area (Å²) in [6.45, 7) is 2.91. The summed E-state index contributed by atoms with van der Waals surface area (Å²) in [7, 11) is 0. The largest absolute Gasteiger partial charge is 0.339 e. The molecule has 0 fully saturated rings. The second-order valence-electron chi connectivity index (χ2n) is 4.72. The van der Waals surface area contributed by atoms with Crippen LogP contribution in [0.25, 0.3) is 11.4 Å². The Kier molecular flexibility index (Phi) is 4.32. The van der Waals surface area contributed by atoms with Crippen molar-refractivity contribution in [3.8, 4) is 11.4 Å². The minimum Gasteiger partial charge on any atom is -0.339 e. The number of benzene rings is 1. The van der Waals surface area contributed by atoms with Gasteiger partial charge in [-0.3, -0.25) is 0 Å². The number of halogens is 2. The molecule has 0 bridgehead atoms. The van der Waals surface area contributed by atoms with Crippen molar-refractivity contribution in [1.82, 2.24) is 14.5 Å². The van der Waals surface area contributed by atoms with Crippen molar-refractivity contribution in [3.63, 3.8) is 0 Å². The highest BCUT2D eigenvalue weighted by Crippen LogP contribution is 2.28. The first-order valence-electron chi connectivity index (χ1n) is 6.87. The molecule has 1 aromatic carbocycles. The maximum absolute atomic E-state index is 6.33. The monoisotopic (exact) mass is 332 g/mol. The van der Waals surface area contributed by atoms with Crippen LogP contribution in [0.5, 0.6) is 0 Å². The molecule has 0 unspecified atom stereocenters. The SMILES string of the molecule is CCn1ccnc1-c1cnc(Nc2ccc(Cl)cc2)c(Cl)c1. The lowest BCUT2D eigenvalue weighted by Crippen LogP contribution is -1.99. The minimum absolute atomic E-state index is 0.540. The highest BCUT2D eigenvalue weighted by molar-refractivity contribution is 6.33. The molecule has 4 nitrogen and oxygen atoms in total. The zero-order valence-electron chi connectivity index (χ0n) is 11.9. The number of aryl methyl sites for hydroxylation is 1. The van der Waals surface area contributed by atoms with E-state index in [4.69, 9.17) is 23.2 Å². The van der Waals surface area contributed by atoms with E-state index in [1.54, 1.807) is 12.4 Å². The number of pyridine rings is 1. The minimum atomic E-state index is 0.540. The molecule has 0 amide bonds. The number of hydrogen-bond acceptors (Lipinski definition) is 3. The number of anilines is 2. The van der Waals surface area contributed by atoms with Crippen molar-refractivity contribution < 1.29 is 0 Å². The third kappa shape index (κ3) is 3.08. The number of hydrogen-bond donors (Lipinski definition) is 1. The fourth-order valence-corrected chi connectivity index (χ4v) is 2.49. The molecule has 2 heterocycles. The van der Waals surface area contributed by atoms with Gasteiger partial charge < -0.3 is 9.88 Å². The molecule has 0 saturated carbocycles. The van der Waals surface area contributed by atoms with Gasteiger partial charge in [-0.2, -0.15) is 0 Å². The lowest BCUT2D eigenvalue weighted by molar-refractivity contribution is 0.770. The van der Waals surface area contributed by atoms with Crippen molar-refractivity contribution >= 4 is 34.7 Å². The van der Waals surface area contributed by atoms with Crippen molar-refractivity contribution in [1.29, 1.82) is 0 Å². The van der Waals surface area contributed by atoms with Crippen molar-refractivity contribution in [3.05, 3.63) is 59.0 Å². The van der Waals surface area contributed by atoms with Crippen LogP contribution in [0, 0.1) is 0 Å². The Hall–Kier alpha value is -2.04. The van der Waals surface area contributed by atoms with Crippen molar-refractivity contribution in [2.75, 3.05) is 5.32 Å². The molecule has 1 N–H and O–H groups in total. The number of aromatic nitrogens is 3. The van der Waals surface area contributed by atoms with E-state index in [-0.39, 0.29) is 0 Å². The molecule has 6 heteroatoms. The van der Waals surface area contributed by atoms with Crippen molar-refractivity contribution in [2.45, 2.75) is 13.5 Å². The lowest BCUT2D eigenvalue weighted by atomic mass is 10.2. The molecule has 0 aliphatic rings. The summed E-state index contributed by atoms with van der Waals surface area (Å²) in [5.74, 6) is 1.46.